The van der Waals surface area contributed by atoms with E-state index in [1.807, 2.05) is 0 Å². The number of hydrogen-bond acceptors (Lipinski definition) is 4. The quantitative estimate of drug-likeness (QED) is 0.804. The molecular weight excluding hydrogens is 400 g/mol. The van der Waals surface area contributed by atoms with E-state index in [1.54, 1.807) is 47.4 Å². The fourth-order valence-corrected chi connectivity index (χ4v) is 5.09. The van der Waals surface area contributed by atoms with Crippen molar-refractivity contribution in [3.05, 3.63) is 58.6 Å². The molecule has 0 saturated carbocycles. The summed E-state index contributed by atoms with van der Waals surface area (Å²) in [5, 5.41) is 0.501. The summed E-state index contributed by atoms with van der Waals surface area (Å²) in [5.74, 6) is -0.167. The summed E-state index contributed by atoms with van der Waals surface area (Å²) in [4.78, 5) is 14.4. The Morgan fingerprint density at radius 1 is 1.25 bits per heavy atom. The Balaban J connectivity index is 1.48. The molecule has 1 unspecified atom stereocenters. The molecule has 0 radical (unpaired) electrons. The molecule has 1 N–H and O–H groups in total. The summed E-state index contributed by atoms with van der Waals surface area (Å²) in [6.45, 7) is 1.22. The number of hydrogen-bond donors (Lipinski definition) is 1. The Bertz CT molecular complexity index is 1000. The minimum Gasteiger partial charge on any atom is -0.368 e. The largest absolute Gasteiger partial charge is 0.368 e. The maximum absolute atomic E-state index is 12.6. The Hall–Kier alpha value is -2.09. The van der Waals surface area contributed by atoms with Crippen molar-refractivity contribution in [1.82, 2.24) is 0 Å². The van der Waals surface area contributed by atoms with Crippen molar-refractivity contribution in [3.8, 4) is 0 Å². The number of benzene rings is 2. The normalized spacial score (nSPS) is 18.9. The third kappa shape index (κ3) is 4.16. The summed E-state index contributed by atoms with van der Waals surface area (Å²) >= 11 is 5.93. The van der Waals surface area contributed by atoms with Crippen molar-refractivity contribution in [2.45, 2.75) is 31.1 Å². The lowest BCUT2D eigenvalue weighted by Crippen LogP contribution is -2.37. The van der Waals surface area contributed by atoms with Crippen LogP contribution >= 0.6 is 11.6 Å². The summed E-state index contributed by atoms with van der Waals surface area (Å²) in [7, 11) is -3.57. The van der Waals surface area contributed by atoms with Gasteiger partial charge in [0, 0.05) is 29.5 Å². The summed E-state index contributed by atoms with van der Waals surface area (Å²) in [5.41, 5.74) is 2.90. The number of rotatable bonds is 5. The van der Waals surface area contributed by atoms with Gasteiger partial charge in [0.2, 0.25) is 10.0 Å². The molecule has 1 amide bonds. The van der Waals surface area contributed by atoms with E-state index in [0.29, 0.717) is 35.8 Å². The number of amides is 1. The van der Waals surface area contributed by atoms with E-state index < -0.39 is 10.0 Å². The van der Waals surface area contributed by atoms with Crippen LogP contribution in [0.15, 0.2) is 42.5 Å². The molecule has 1 fully saturated rings. The maximum Gasteiger partial charge on any atom is 0.256 e. The second-order valence-electron chi connectivity index (χ2n) is 7.08. The van der Waals surface area contributed by atoms with Crippen molar-refractivity contribution in [1.29, 1.82) is 0 Å². The van der Waals surface area contributed by atoms with Crippen LogP contribution in [0.5, 0.6) is 0 Å². The van der Waals surface area contributed by atoms with E-state index in [1.165, 1.54) is 0 Å². The molecule has 0 aliphatic carbocycles. The molecular formula is C20H21ClN2O4S. The molecule has 1 saturated heterocycles. The lowest BCUT2D eigenvalue weighted by Gasteiger charge is -2.21. The van der Waals surface area contributed by atoms with Crippen LogP contribution in [-0.2, 0) is 31.7 Å². The van der Waals surface area contributed by atoms with Crippen LogP contribution in [0.1, 0.15) is 24.0 Å². The van der Waals surface area contributed by atoms with E-state index in [0.717, 1.165) is 24.1 Å². The van der Waals surface area contributed by atoms with Crippen LogP contribution in [0.4, 0.5) is 11.4 Å². The third-order valence-electron chi connectivity index (χ3n) is 4.97. The number of carbonyl (C=O) groups excluding carboxylic acids is 1. The smallest absolute Gasteiger partial charge is 0.256 e. The van der Waals surface area contributed by atoms with E-state index >= 15 is 0 Å². The third-order valence-corrected chi connectivity index (χ3v) is 6.46. The monoisotopic (exact) mass is 420 g/mol. The topological polar surface area (TPSA) is 75.7 Å². The van der Waals surface area contributed by atoms with E-state index in [2.05, 4.69) is 4.72 Å². The van der Waals surface area contributed by atoms with Crippen molar-refractivity contribution in [2.75, 3.05) is 22.8 Å². The fourth-order valence-electron chi connectivity index (χ4n) is 3.70. The van der Waals surface area contributed by atoms with E-state index in [4.69, 9.17) is 16.3 Å². The van der Waals surface area contributed by atoms with Gasteiger partial charge in [0.25, 0.3) is 5.91 Å². The summed E-state index contributed by atoms with van der Waals surface area (Å²) in [6.07, 6.45) is 2.00. The average molecular weight is 421 g/mol. The van der Waals surface area contributed by atoms with Crippen LogP contribution in [-0.4, -0.2) is 33.6 Å². The molecule has 2 aliphatic rings. The minimum atomic E-state index is -3.57. The molecule has 148 valence electrons. The van der Waals surface area contributed by atoms with Gasteiger partial charge in [0.15, 0.2) is 0 Å². The predicted molar refractivity (Wildman–Crippen MR) is 109 cm³/mol. The van der Waals surface area contributed by atoms with Gasteiger partial charge in [-0.25, -0.2) is 8.42 Å². The number of nitrogens with zero attached hydrogens (tertiary/aromatic N) is 1. The highest BCUT2D eigenvalue weighted by Gasteiger charge is 2.32. The highest BCUT2D eigenvalue weighted by atomic mass is 35.5. The zero-order chi connectivity index (χ0) is 19.7. The Morgan fingerprint density at radius 3 is 2.86 bits per heavy atom. The number of fused-ring (bicyclic) bond motifs is 1. The van der Waals surface area contributed by atoms with E-state index in [9.17, 15) is 13.2 Å². The van der Waals surface area contributed by atoms with Gasteiger partial charge >= 0.3 is 0 Å². The fraction of sp³-hybridized carbons (Fsp3) is 0.350. The Kier molecular flexibility index (Phi) is 5.31. The van der Waals surface area contributed by atoms with Crippen molar-refractivity contribution in [3.63, 3.8) is 0 Å². The zero-order valence-electron chi connectivity index (χ0n) is 15.2. The minimum absolute atomic E-state index is 0.00876. The van der Waals surface area contributed by atoms with E-state index in [-0.39, 0.29) is 17.8 Å². The van der Waals surface area contributed by atoms with Crippen LogP contribution < -0.4 is 9.62 Å². The standard InChI is InChI=1S/C20H21ClN2O4S/c21-16-4-1-3-14(11-16)13-28(25,26)22-17-6-7-18-15(12-17)8-9-23(18)20(24)19-5-2-10-27-19/h1,3-4,6-7,11-12,19,22H,2,5,8-10,13H2. The number of carbonyl (C=O) groups is 1. The van der Waals surface area contributed by atoms with Crippen molar-refractivity contribution in [2.24, 2.45) is 0 Å². The zero-order valence-corrected chi connectivity index (χ0v) is 16.8. The molecule has 2 aromatic carbocycles. The predicted octanol–water partition coefficient (Wildman–Crippen LogP) is 3.35. The molecule has 8 heteroatoms. The maximum atomic E-state index is 12.6. The molecule has 4 rings (SSSR count). The first-order chi connectivity index (χ1) is 13.4. The molecule has 0 spiro atoms. The SMILES string of the molecule is O=C(C1CCCO1)N1CCc2cc(NS(=O)(=O)Cc3cccc(Cl)c3)ccc21. The number of halogens is 1. The second kappa shape index (κ2) is 7.73. The Morgan fingerprint density at radius 2 is 2.11 bits per heavy atom. The van der Waals surface area contributed by atoms with Gasteiger partial charge < -0.3 is 9.64 Å². The molecule has 2 aliphatic heterocycles. The summed E-state index contributed by atoms with van der Waals surface area (Å²) < 4.78 is 33.1. The number of nitrogens with one attached hydrogen (secondary N) is 1. The first-order valence-corrected chi connectivity index (χ1v) is 11.3. The van der Waals surface area contributed by atoms with Crippen LogP contribution in [0.3, 0.4) is 0 Å². The molecule has 0 aromatic heterocycles. The van der Waals surface area contributed by atoms with Gasteiger partial charge in [0.1, 0.15) is 6.10 Å². The number of sulfonamides is 1. The van der Waals surface area contributed by atoms with Gasteiger partial charge in [-0.15, -0.1) is 0 Å². The highest BCUT2D eigenvalue weighted by Crippen LogP contribution is 2.32. The Labute approximate surface area is 169 Å². The van der Waals surface area contributed by atoms with Crippen molar-refractivity contribution >= 4 is 38.9 Å². The number of ether oxygens (including phenoxy) is 1. The first-order valence-electron chi connectivity index (χ1n) is 9.22. The van der Waals surface area contributed by atoms with Gasteiger partial charge in [-0.1, -0.05) is 23.7 Å². The molecule has 6 nitrogen and oxygen atoms in total. The molecule has 1 atom stereocenters. The average Bonchev–Trinajstić information content (AvgIpc) is 3.30. The highest BCUT2D eigenvalue weighted by molar-refractivity contribution is 7.91. The van der Waals surface area contributed by atoms with Gasteiger partial charge in [-0.05, 0) is 60.7 Å². The molecule has 0 bridgehead atoms. The summed E-state index contributed by atoms with van der Waals surface area (Å²) in [6, 6.07) is 12.1. The van der Waals surface area contributed by atoms with Crippen LogP contribution in [0.25, 0.3) is 0 Å². The lowest BCUT2D eigenvalue weighted by atomic mass is 10.1. The molecule has 2 aromatic rings. The van der Waals surface area contributed by atoms with Gasteiger partial charge in [-0.3, -0.25) is 9.52 Å². The van der Waals surface area contributed by atoms with Crippen LogP contribution in [0.2, 0.25) is 5.02 Å². The van der Waals surface area contributed by atoms with Gasteiger partial charge in [0.05, 0.1) is 5.75 Å². The van der Waals surface area contributed by atoms with Crippen LogP contribution in [0, 0.1) is 0 Å². The first kappa shape index (κ1) is 19.2. The molecule has 2 heterocycles. The van der Waals surface area contributed by atoms with Gasteiger partial charge in [-0.2, -0.15) is 0 Å². The number of anilines is 2. The van der Waals surface area contributed by atoms with Crippen molar-refractivity contribution < 1.29 is 17.9 Å². The molecule has 28 heavy (non-hydrogen) atoms. The lowest BCUT2D eigenvalue weighted by molar-refractivity contribution is -0.127. The second-order valence-corrected chi connectivity index (χ2v) is 9.23.